The molecule has 30 heavy (non-hydrogen) atoms. The van der Waals surface area contributed by atoms with Gasteiger partial charge in [-0.15, -0.1) is 0 Å². The highest BCUT2D eigenvalue weighted by Crippen LogP contribution is 2.34. The van der Waals surface area contributed by atoms with E-state index in [4.69, 9.17) is 10.8 Å². The van der Waals surface area contributed by atoms with Crippen LogP contribution >= 0.6 is 0 Å². The molecular formula is C22H19F3N2O3. The number of hydrogen-bond donors (Lipinski definition) is 2. The normalized spacial score (nSPS) is 10.7. The molecule has 1 amide bonds. The summed E-state index contributed by atoms with van der Waals surface area (Å²) in [5, 5.41) is 8.45. The van der Waals surface area contributed by atoms with Crippen molar-refractivity contribution < 1.29 is 27.9 Å². The van der Waals surface area contributed by atoms with Crippen molar-refractivity contribution >= 4 is 11.9 Å². The number of aromatic carboxylic acids is 1. The maximum Gasteiger partial charge on any atom is 0.416 e. The summed E-state index contributed by atoms with van der Waals surface area (Å²) >= 11 is 0. The number of primary amides is 1. The quantitative estimate of drug-likeness (QED) is 0.656. The lowest BCUT2D eigenvalue weighted by Gasteiger charge is -2.15. The number of nitrogens with two attached hydrogens (primary N) is 1. The van der Waals surface area contributed by atoms with Crippen LogP contribution in [-0.2, 0) is 12.6 Å². The lowest BCUT2D eigenvalue weighted by Crippen LogP contribution is -2.18. The molecule has 5 nitrogen and oxygen atoms in total. The van der Waals surface area contributed by atoms with Crippen LogP contribution in [0.3, 0.4) is 0 Å². The maximum absolute atomic E-state index is 13.0. The second-order valence-electron chi connectivity index (χ2n) is 6.38. The number of pyridine rings is 1. The summed E-state index contributed by atoms with van der Waals surface area (Å²) in [6.45, 7) is 1.83. The Morgan fingerprint density at radius 1 is 1.03 bits per heavy atom. The summed E-state index contributed by atoms with van der Waals surface area (Å²) in [5.41, 5.74) is 5.87. The molecule has 0 aliphatic heterocycles. The molecular weight excluding hydrogens is 397 g/mol. The fourth-order valence-electron chi connectivity index (χ4n) is 2.73. The minimum absolute atomic E-state index is 0.00873. The molecule has 3 rings (SSSR count). The summed E-state index contributed by atoms with van der Waals surface area (Å²) in [6.07, 6.45) is -3.02. The van der Waals surface area contributed by atoms with Gasteiger partial charge < -0.3 is 10.8 Å². The van der Waals surface area contributed by atoms with Crippen LogP contribution in [0.4, 0.5) is 13.2 Å². The van der Waals surface area contributed by atoms with E-state index in [0.717, 1.165) is 11.6 Å². The number of nitrogens with zero attached hydrogens (tertiary/aromatic N) is 1. The molecule has 2 aromatic carbocycles. The van der Waals surface area contributed by atoms with E-state index in [1.54, 1.807) is 36.4 Å². The summed E-state index contributed by atoms with van der Waals surface area (Å²) in [7, 11) is 0. The maximum atomic E-state index is 13.0. The molecule has 0 atom stereocenters. The molecule has 0 unspecified atom stereocenters. The molecule has 156 valence electrons. The van der Waals surface area contributed by atoms with E-state index in [0.29, 0.717) is 5.56 Å². The number of rotatable bonds is 4. The first kappa shape index (κ1) is 22.6. The van der Waals surface area contributed by atoms with Gasteiger partial charge in [0.25, 0.3) is 0 Å². The van der Waals surface area contributed by atoms with Crippen LogP contribution in [-0.4, -0.2) is 22.0 Å². The number of benzene rings is 2. The Morgan fingerprint density at radius 3 is 2.20 bits per heavy atom. The van der Waals surface area contributed by atoms with Gasteiger partial charge in [0, 0.05) is 11.8 Å². The summed E-state index contributed by atoms with van der Waals surface area (Å²) < 4.78 is 39.1. The number of carboxylic acids is 1. The number of aromatic nitrogens is 1. The molecule has 0 saturated heterocycles. The molecule has 0 radical (unpaired) electrons. The predicted molar refractivity (Wildman–Crippen MR) is 105 cm³/mol. The van der Waals surface area contributed by atoms with Gasteiger partial charge in [-0.1, -0.05) is 36.4 Å². The highest BCUT2D eigenvalue weighted by atomic mass is 19.4. The van der Waals surface area contributed by atoms with Crippen LogP contribution in [0.15, 0.2) is 66.9 Å². The van der Waals surface area contributed by atoms with Crippen molar-refractivity contribution in [3.8, 4) is 0 Å². The zero-order chi connectivity index (χ0) is 22.3. The molecule has 0 saturated carbocycles. The molecule has 0 aliphatic rings. The van der Waals surface area contributed by atoms with Crippen LogP contribution < -0.4 is 5.73 Å². The molecule has 1 heterocycles. The molecule has 3 aromatic rings. The van der Waals surface area contributed by atoms with Crippen molar-refractivity contribution in [3.63, 3.8) is 0 Å². The fraction of sp³-hybridized carbons (Fsp3) is 0.136. The Balaban J connectivity index is 0.000000269. The minimum Gasteiger partial charge on any atom is -0.477 e. The SMILES string of the molecule is Cc1ccnc(C(=O)O)c1.NC(=O)c1cccc(C(F)(F)F)c1Cc1ccccc1. The van der Waals surface area contributed by atoms with E-state index in [-0.39, 0.29) is 23.2 Å². The first-order chi connectivity index (χ1) is 14.1. The van der Waals surface area contributed by atoms with Crippen LogP contribution in [0.2, 0.25) is 0 Å². The second kappa shape index (κ2) is 9.69. The Bertz CT molecular complexity index is 1040. The third-order valence-corrected chi connectivity index (χ3v) is 4.11. The van der Waals surface area contributed by atoms with Crippen molar-refractivity contribution in [2.45, 2.75) is 19.5 Å². The van der Waals surface area contributed by atoms with E-state index in [9.17, 15) is 22.8 Å². The smallest absolute Gasteiger partial charge is 0.416 e. The Labute approximate surface area is 171 Å². The molecule has 0 aliphatic carbocycles. The van der Waals surface area contributed by atoms with Gasteiger partial charge in [-0.3, -0.25) is 4.79 Å². The first-order valence-electron chi connectivity index (χ1n) is 8.78. The lowest BCUT2D eigenvalue weighted by atomic mass is 9.94. The van der Waals surface area contributed by atoms with Gasteiger partial charge in [-0.25, -0.2) is 9.78 Å². The van der Waals surface area contributed by atoms with E-state index in [1.807, 2.05) is 6.92 Å². The predicted octanol–water partition coefficient (Wildman–Crippen LogP) is 4.48. The van der Waals surface area contributed by atoms with Crippen LogP contribution in [0.25, 0.3) is 0 Å². The largest absolute Gasteiger partial charge is 0.477 e. The van der Waals surface area contributed by atoms with Crippen LogP contribution in [0, 0.1) is 6.92 Å². The number of aryl methyl sites for hydroxylation is 1. The third-order valence-electron chi connectivity index (χ3n) is 4.11. The van der Waals surface area contributed by atoms with E-state index in [1.165, 1.54) is 24.4 Å². The first-order valence-corrected chi connectivity index (χ1v) is 8.78. The molecule has 8 heteroatoms. The van der Waals surface area contributed by atoms with Gasteiger partial charge in [-0.05, 0) is 54.3 Å². The Morgan fingerprint density at radius 2 is 1.70 bits per heavy atom. The van der Waals surface area contributed by atoms with Gasteiger partial charge in [0.1, 0.15) is 5.69 Å². The number of hydrogen-bond acceptors (Lipinski definition) is 3. The molecule has 1 aromatic heterocycles. The van der Waals surface area contributed by atoms with E-state index < -0.39 is 23.6 Å². The highest BCUT2D eigenvalue weighted by molar-refractivity contribution is 5.94. The Kier molecular flexibility index (Phi) is 7.30. The number of carboxylic acid groups (broad SMARTS) is 1. The number of halogens is 3. The monoisotopic (exact) mass is 416 g/mol. The topological polar surface area (TPSA) is 93.3 Å². The van der Waals surface area contributed by atoms with Gasteiger partial charge in [0.2, 0.25) is 5.91 Å². The van der Waals surface area contributed by atoms with Gasteiger partial charge in [-0.2, -0.15) is 13.2 Å². The van der Waals surface area contributed by atoms with E-state index >= 15 is 0 Å². The fourth-order valence-corrected chi connectivity index (χ4v) is 2.73. The molecule has 3 N–H and O–H groups in total. The average molecular weight is 416 g/mol. The van der Waals surface area contributed by atoms with Gasteiger partial charge in [0.15, 0.2) is 0 Å². The number of alkyl halides is 3. The highest BCUT2D eigenvalue weighted by Gasteiger charge is 2.34. The summed E-state index contributed by atoms with van der Waals surface area (Å²) in [6, 6.07) is 15.4. The number of amides is 1. The van der Waals surface area contributed by atoms with Crippen molar-refractivity contribution in [1.82, 2.24) is 4.98 Å². The summed E-state index contributed by atoms with van der Waals surface area (Å²) in [5.74, 6) is -1.84. The standard InChI is InChI=1S/C15H12F3NO.C7H7NO2/c16-15(17,18)13-8-4-7-11(14(19)20)12(13)9-10-5-2-1-3-6-10;1-5-2-3-8-6(4-5)7(9)10/h1-8H,9H2,(H2,19,20);2-4H,1H3,(H,9,10). The third kappa shape index (κ3) is 6.16. The average Bonchev–Trinajstić information content (AvgIpc) is 2.68. The number of carbonyl (C=O) groups excluding carboxylic acids is 1. The lowest BCUT2D eigenvalue weighted by molar-refractivity contribution is -0.138. The van der Waals surface area contributed by atoms with Crippen molar-refractivity contribution in [2.75, 3.05) is 0 Å². The zero-order valence-electron chi connectivity index (χ0n) is 16.0. The number of carbonyl (C=O) groups is 2. The van der Waals surface area contributed by atoms with Gasteiger partial charge in [0.05, 0.1) is 5.56 Å². The van der Waals surface area contributed by atoms with Gasteiger partial charge >= 0.3 is 12.1 Å². The second-order valence-corrected chi connectivity index (χ2v) is 6.38. The van der Waals surface area contributed by atoms with E-state index in [2.05, 4.69) is 4.98 Å². The molecule has 0 fully saturated rings. The summed E-state index contributed by atoms with van der Waals surface area (Å²) in [4.78, 5) is 25.3. The minimum atomic E-state index is -4.52. The van der Waals surface area contributed by atoms with Crippen molar-refractivity contribution in [1.29, 1.82) is 0 Å². The van der Waals surface area contributed by atoms with Crippen molar-refractivity contribution in [3.05, 3.63) is 100 Å². The zero-order valence-corrected chi connectivity index (χ0v) is 16.0. The van der Waals surface area contributed by atoms with Crippen molar-refractivity contribution in [2.24, 2.45) is 5.73 Å². The van der Waals surface area contributed by atoms with Crippen LogP contribution in [0.5, 0.6) is 0 Å². The molecule has 0 bridgehead atoms. The molecule has 0 spiro atoms. The van der Waals surface area contributed by atoms with Crippen LogP contribution in [0.1, 0.15) is 43.1 Å². The Hall–Kier alpha value is -3.68.